The van der Waals surface area contributed by atoms with E-state index in [0.717, 1.165) is 47.2 Å². The van der Waals surface area contributed by atoms with Crippen molar-refractivity contribution in [3.8, 4) is 11.4 Å². The molecule has 1 atom stereocenters. The van der Waals surface area contributed by atoms with Crippen LogP contribution >= 0.6 is 0 Å². The molecule has 1 aromatic heterocycles. The van der Waals surface area contributed by atoms with Crippen LogP contribution in [0.4, 0.5) is 0 Å². The standard InChI is InChI=1S/C32H38BNO4/c1-21(2)22-19-25(33-37-31(3,4)32(5,6)38-33)30(36-29-17-11-12-18-35-29)28(20-22)34-26-15-9-7-13-23(26)24-14-8-10-16-27(24)34/h7-10,13-16,19-21,29H,11-12,17-18H2,1-6H3. The lowest BCUT2D eigenvalue weighted by Gasteiger charge is -2.32. The minimum atomic E-state index is -0.552. The van der Waals surface area contributed by atoms with Gasteiger partial charge in [0.1, 0.15) is 5.75 Å². The summed E-state index contributed by atoms with van der Waals surface area (Å²) in [5.41, 5.74) is 4.48. The van der Waals surface area contributed by atoms with Crippen molar-refractivity contribution in [1.82, 2.24) is 4.57 Å². The van der Waals surface area contributed by atoms with Crippen LogP contribution in [0.5, 0.6) is 5.75 Å². The summed E-state index contributed by atoms with van der Waals surface area (Å²) in [6.45, 7) is 13.5. The number of benzene rings is 3. The van der Waals surface area contributed by atoms with Gasteiger partial charge in [-0.15, -0.1) is 0 Å². The topological polar surface area (TPSA) is 41.9 Å². The SMILES string of the molecule is CC(C)c1cc(B2OC(C)(C)C(C)(C)O2)c(OC2CCCCO2)c(-n2c3ccccc3c3ccccc32)c1. The Morgan fingerprint density at radius 1 is 0.868 bits per heavy atom. The largest absolute Gasteiger partial charge is 0.498 e. The third kappa shape index (κ3) is 4.23. The Labute approximate surface area is 226 Å². The zero-order valence-corrected chi connectivity index (χ0v) is 23.4. The normalized spacial score (nSPS) is 21.0. The predicted octanol–water partition coefficient (Wildman–Crippen LogP) is 7.11. The third-order valence-corrected chi connectivity index (χ3v) is 8.50. The Morgan fingerprint density at radius 2 is 1.47 bits per heavy atom. The lowest BCUT2D eigenvalue weighted by atomic mass is 9.76. The van der Waals surface area contributed by atoms with Crippen LogP contribution in [-0.4, -0.2) is 35.8 Å². The van der Waals surface area contributed by atoms with Crippen LogP contribution < -0.4 is 10.2 Å². The number of aromatic nitrogens is 1. The first-order valence-corrected chi connectivity index (χ1v) is 14.0. The van der Waals surface area contributed by atoms with E-state index in [1.165, 1.54) is 16.3 Å². The van der Waals surface area contributed by atoms with Crippen molar-refractivity contribution in [2.24, 2.45) is 0 Å². The van der Waals surface area contributed by atoms with Crippen LogP contribution in [0.15, 0.2) is 60.7 Å². The quantitative estimate of drug-likeness (QED) is 0.268. The van der Waals surface area contributed by atoms with Crippen molar-refractivity contribution in [2.75, 3.05) is 6.61 Å². The summed E-state index contributed by atoms with van der Waals surface area (Å²) in [4.78, 5) is 0. The van der Waals surface area contributed by atoms with E-state index in [4.69, 9.17) is 18.8 Å². The Hall–Kier alpha value is -2.80. The van der Waals surface area contributed by atoms with Gasteiger partial charge in [-0.2, -0.15) is 0 Å². The van der Waals surface area contributed by atoms with Crippen molar-refractivity contribution in [1.29, 1.82) is 0 Å². The monoisotopic (exact) mass is 511 g/mol. The van der Waals surface area contributed by atoms with E-state index < -0.39 is 18.3 Å². The molecule has 0 spiro atoms. The fourth-order valence-electron chi connectivity index (χ4n) is 5.55. The molecule has 5 nitrogen and oxygen atoms in total. The molecule has 0 N–H and O–H groups in total. The highest BCUT2D eigenvalue weighted by atomic mass is 16.7. The van der Waals surface area contributed by atoms with E-state index in [9.17, 15) is 0 Å². The lowest BCUT2D eigenvalue weighted by Crippen LogP contribution is -2.41. The summed E-state index contributed by atoms with van der Waals surface area (Å²) in [7, 11) is -0.552. The number of nitrogens with zero attached hydrogens (tertiary/aromatic N) is 1. The number of rotatable bonds is 5. The molecule has 1 unspecified atom stereocenters. The average Bonchev–Trinajstić information content (AvgIpc) is 3.34. The zero-order chi connectivity index (χ0) is 26.7. The Morgan fingerprint density at radius 3 is 2.03 bits per heavy atom. The average molecular weight is 511 g/mol. The summed E-state index contributed by atoms with van der Waals surface area (Å²) in [6.07, 6.45) is 2.71. The molecule has 0 aliphatic carbocycles. The molecule has 38 heavy (non-hydrogen) atoms. The second-order valence-corrected chi connectivity index (χ2v) is 12.0. The first kappa shape index (κ1) is 25.5. The van der Waals surface area contributed by atoms with E-state index >= 15 is 0 Å². The van der Waals surface area contributed by atoms with Gasteiger partial charge in [0.15, 0.2) is 6.29 Å². The van der Waals surface area contributed by atoms with Gasteiger partial charge in [-0.05, 0) is 70.2 Å². The molecule has 2 aliphatic heterocycles. The second-order valence-electron chi connectivity index (χ2n) is 12.0. The number of hydrogen-bond acceptors (Lipinski definition) is 4. The Kier molecular flexibility index (Phi) is 6.33. The van der Waals surface area contributed by atoms with Crippen molar-refractivity contribution < 1.29 is 18.8 Å². The molecule has 2 aliphatic rings. The minimum Gasteiger partial charge on any atom is -0.463 e. The lowest BCUT2D eigenvalue weighted by molar-refractivity contribution is -0.105. The number of para-hydroxylation sites is 2. The van der Waals surface area contributed by atoms with Gasteiger partial charge < -0.3 is 23.3 Å². The highest BCUT2D eigenvalue weighted by molar-refractivity contribution is 6.63. The molecule has 198 valence electrons. The van der Waals surface area contributed by atoms with Gasteiger partial charge >= 0.3 is 7.12 Å². The maximum absolute atomic E-state index is 6.82. The highest BCUT2D eigenvalue weighted by Crippen LogP contribution is 2.41. The number of hydrogen-bond donors (Lipinski definition) is 0. The van der Waals surface area contributed by atoms with Crippen molar-refractivity contribution in [2.45, 2.75) is 84.2 Å². The van der Waals surface area contributed by atoms with Crippen LogP contribution in [0.1, 0.15) is 72.3 Å². The van der Waals surface area contributed by atoms with E-state index in [2.05, 4.69) is 107 Å². The summed E-state index contributed by atoms with van der Waals surface area (Å²) in [5, 5.41) is 2.44. The first-order valence-electron chi connectivity index (χ1n) is 14.0. The number of ether oxygens (including phenoxy) is 2. The zero-order valence-electron chi connectivity index (χ0n) is 23.4. The van der Waals surface area contributed by atoms with E-state index in [1.54, 1.807) is 0 Å². The van der Waals surface area contributed by atoms with Crippen molar-refractivity contribution >= 4 is 34.4 Å². The van der Waals surface area contributed by atoms with E-state index in [-0.39, 0.29) is 6.29 Å². The maximum atomic E-state index is 6.82. The second kappa shape index (κ2) is 9.44. The van der Waals surface area contributed by atoms with Crippen LogP contribution in [0, 0.1) is 0 Å². The van der Waals surface area contributed by atoms with Gasteiger partial charge in [0.2, 0.25) is 0 Å². The van der Waals surface area contributed by atoms with Gasteiger partial charge in [0, 0.05) is 22.7 Å². The fourth-order valence-corrected chi connectivity index (χ4v) is 5.55. The van der Waals surface area contributed by atoms with Gasteiger partial charge in [-0.25, -0.2) is 0 Å². The van der Waals surface area contributed by atoms with Crippen LogP contribution in [0.2, 0.25) is 0 Å². The molecule has 6 heteroatoms. The first-order chi connectivity index (χ1) is 18.2. The Bertz CT molecular complexity index is 1410. The summed E-state index contributed by atoms with van der Waals surface area (Å²) in [6, 6.07) is 21.7. The van der Waals surface area contributed by atoms with Crippen LogP contribution in [-0.2, 0) is 14.0 Å². The van der Waals surface area contributed by atoms with Crippen LogP contribution in [0.25, 0.3) is 27.5 Å². The predicted molar refractivity (Wildman–Crippen MR) is 155 cm³/mol. The number of fused-ring (bicyclic) bond motifs is 3. The van der Waals surface area contributed by atoms with Crippen molar-refractivity contribution in [3.05, 3.63) is 66.2 Å². The maximum Gasteiger partial charge on any atom is 0.498 e. The molecule has 6 rings (SSSR count). The molecule has 0 amide bonds. The molecule has 2 saturated heterocycles. The molecule has 0 saturated carbocycles. The molecule has 0 bridgehead atoms. The minimum absolute atomic E-state index is 0.304. The van der Waals surface area contributed by atoms with Crippen LogP contribution in [0.3, 0.4) is 0 Å². The molecule has 2 fully saturated rings. The van der Waals surface area contributed by atoms with E-state index in [1.807, 2.05) is 0 Å². The molecular formula is C32H38BNO4. The molecule has 3 heterocycles. The molecule has 4 aromatic rings. The summed E-state index contributed by atoms with van der Waals surface area (Å²) >= 11 is 0. The van der Waals surface area contributed by atoms with Gasteiger partial charge in [0.25, 0.3) is 0 Å². The molecule has 0 radical (unpaired) electrons. The third-order valence-electron chi connectivity index (χ3n) is 8.50. The van der Waals surface area contributed by atoms with Crippen molar-refractivity contribution in [3.63, 3.8) is 0 Å². The molecule has 3 aromatic carbocycles. The summed E-state index contributed by atoms with van der Waals surface area (Å²) in [5.74, 6) is 1.08. The smallest absolute Gasteiger partial charge is 0.463 e. The van der Waals surface area contributed by atoms with E-state index in [0.29, 0.717) is 12.5 Å². The van der Waals surface area contributed by atoms with Gasteiger partial charge in [0.05, 0.1) is 34.5 Å². The summed E-state index contributed by atoms with van der Waals surface area (Å²) < 4.78 is 28.5. The van der Waals surface area contributed by atoms with Gasteiger partial charge in [-0.1, -0.05) is 56.3 Å². The van der Waals surface area contributed by atoms with Gasteiger partial charge in [-0.3, -0.25) is 0 Å². The highest BCUT2D eigenvalue weighted by Gasteiger charge is 2.53. The fraction of sp³-hybridized carbons (Fsp3) is 0.438. The Balaban J connectivity index is 1.64. The molecular weight excluding hydrogens is 473 g/mol.